The number of benzene rings is 1. The molecule has 0 spiro atoms. The molecule has 0 fully saturated rings. The van der Waals surface area contributed by atoms with Gasteiger partial charge in [0.25, 0.3) is 0 Å². The van der Waals surface area contributed by atoms with Crippen LogP contribution in [-0.4, -0.2) is 11.8 Å². The van der Waals surface area contributed by atoms with Gasteiger partial charge in [0.1, 0.15) is 0 Å². The molecule has 1 nitrogen and oxygen atoms in total. The molecule has 0 aromatic heterocycles. The molecule has 2 N–H and O–H groups in total. The van der Waals surface area contributed by atoms with Crippen molar-refractivity contribution in [3.05, 3.63) is 28.7 Å². The Balaban J connectivity index is 2.27. The zero-order chi connectivity index (χ0) is 11.8. The van der Waals surface area contributed by atoms with Crippen molar-refractivity contribution >= 4 is 27.7 Å². The lowest BCUT2D eigenvalue weighted by atomic mass is 10.2. The van der Waals surface area contributed by atoms with Gasteiger partial charge in [0.15, 0.2) is 0 Å². The van der Waals surface area contributed by atoms with E-state index < -0.39 is 0 Å². The van der Waals surface area contributed by atoms with Gasteiger partial charge in [-0.3, -0.25) is 0 Å². The van der Waals surface area contributed by atoms with Crippen LogP contribution in [-0.2, 0) is 0 Å². The van der Waals surface area contributed by atoms with E-state index in [2.05, 4.69) is 52.0 Å². The molecule has 1 unspecified atom stereocenters. The molecule has 3 heteroatoms. The highest BCUT2D eigenvalue weighted by atomic mass is 79.9. The Hall–Kier alpha value is -0.430. The number of rotatable bonds is 5. The maximum atomic E-state index is 5.99. The van der Waals surface area contributed by atoms with Gasteiger partial charge in [-0.15, -0.1) is 23.6 Å². The summed E-state index contributed by atoms with van der Waals surface area (Å²) in [6.07, 6.45) is 1.88. The van der Waals surface area contributed by atoms with Crippen LogP contribution >= 0.6 is 27.7 Å². The summed E-state index contributed by atoms with van der Waals surface area (Å²) in [6.45, 7) is 1.86. The first kappa shape index (κ1) is 13.6. The largest absolute Gasteiger partial charge is 0.327 e. The van der Waals surface area contributed by atoms with Crippen molar-refractivity contribution in [1.82, 2.24) is 0 Å². The highest BCUT2D eigenvalue weighted by molar-refractivity contribution is 9.10. The van der Waals surface area contributed by atoms with Gasteiger partial charge in [0.2, 0.25) is 0 Å². The molecule has 0 aliphatic carbocycles. The fourth-order valence-corrected chi connectivity index (χ4v) is 2.37. The molecule has 0 aliphatic rings. The van der Waals surface area contributed by atoms with Crippen LogP contribution in [0.3, 0.4) is 0 Å². The van der Waals surface area contributed by atoms with E-state index in [1.807, 2.05) is 6.92 Å². The van der Waals surface area contributed by atoms with Crippen molar-refractivity contribution in [2.45, 2.75) is 30.7 Å². The Labute approximate surface area is 110 Å². The van der Waals surface area contributed by atoms with E-state index in [9.17, 15) is 0 Å². The highest BCUT2D eigenvalue weighted by Crippen LogP contribution is 2.21. The van der Waals surface area contributed by atoms with Crippen molar-refractivity contribution < 1.29 is 0 Å². The first-order chi connectivity index (χ1) is 7.72. The third-order valence-corrected chi connectivity index (χ3v) is 3.82. The minimum Gasteiger partial charge on any atom is -0.327 e. The highest BCUT2D eigenvalue weighted by Gasteiger charge is 2.02. The van der Waals surface area contributed by atoms with E-state index in [0.29, 0.717) is 0 Å². The summed E-state index contributed by atoms with van der Waals surface area (Å²) < 4.78 is 1.11. The second-order valence-electron chi connectivity index (χ2n) is 3.49. The van der Waals surface area contributed by atoms with Gasteiger partial charge in [0, 0.05) is 27.6 Å². The molecule has 1 atom stereocenters. The number of halogens is 1. The molecular formula is C13H16BrNS. The molecular weight excluding hydrogens is 282 g/mol. The van der Waals surface area contributed by atoms with Crippen molar-refractivity contribution in [1.29, 1.82) is 0 Å². The van der Waals surface area contributed by atoms with Crippen LogP contribution in [0.15, 0.2) is 33.6 Å². The van der Waals surface area contributed by atoms with E-state index >= 15 is 0 Å². The summed E-state index contributed by atoms with van der Waals surface area (Å²) in [6, 6.07) is 8.54. The number of thioether (sulfide) groups is 1. The maximum absolute atomic E-state index is 5.99. The summed E-state index contributed by atoms with van der Waals surface area (Å²) in [5.41, 5.74) is 5.99. The van der Waals surface area contributed by atoms with Gasteiger partial charge < -0.3 is 5.73 Å². The van der Waals surface area contributed by atoms with Crippen LogP contribution in [0.2, 0.25) is 0 Å². The average molecular weight is 298 g/mol. The van der Waals surface area contributed by atoms with Gasteiger partial charge in [-0.05, 0) is 37.6 Å². The number of nitrogens with two attached hydrogens (primary N) is 1. The maximum Gasteiger partial charge on any atom is 0.0176 e. The van der Waals surface area contributed by atoms with Crippen LogP contribution in [0.5, 0.6) is 0 Å². The van der Waals surface area contributed by atoms with Gasteiger partial charge in [0.05, 0.1) is 0 Å². The first-order valence-corrected chi connectivity index (χ1v) is 7.04. The van der Waals surface area contributed by atoms with Crippen molar-refractivity contribution in [3.63, 3.8) is 0 Å². The first-order valence-electron chi connectivity index (χ1n) is 5.26. The normalized spacial score (nSPS) is 11.7. The summed E-state index contributed by atoms with van der Waals surface area (Å²) in [7, 11) is 0. The lowest BCUT2D eigenvalue weighted by molar-refractivity contribution is 0.692. The number of hydrogen-bond acceptors (Lipinski definition) is 2. The smallest absolute Gasteiger partial charge is 0.0176 e. The monoisotopic (exact) mass is 297 g/mol. The fraction of sp³-hybridized carbons (Fsp3) is 0.385. The van der Waals surface area contributed by atoms with Crippen molar-refractivity contribution in [2.24, 2.45) is 5.73 Å². The quantitative estimate of drug-likeness (QED) is 0.663. The molecule has 1 rings (SSSR count). The predicted molar refractivity (Wildman–Crippen MR) is 75.5 cm³/mol. The Morgan fingerprint density at radius 1 is 1.38 bits per heavy atom. The molecule has 0 saturated carbocycles. The van der Waals surface area contributed by atoms with Crippen molar-refractivity contribution in [2.75, 3.05) is 5.75 Å². The second kappa shape index (κ2) is 7.78. The zero-order valence-electron chi connectivity index (χ0n) is 9.37. The summed E-state index contributed by atoms with van der Waals surface area (Å²) in [5.74, 6) is 6.88. The van der Waals surface area contributed by atoms with Gasteiger partial charge >= 0.3 is 0 Å². The van der Waals surface area contributed by atoms with E-state index in [1.54, 1.807) is 11.8 Å². The Kier molecular flexibility index (Phi) is 6.63. The Morgan fingerprint density at radius 2 is 2.06 bits per heavy atom. The summed E-state index contributed by atoms with van der Waals surface area (Å²) >= 11 is 5.22. The van der Waals surface area contributed by atoms with E-state index in [-0.39, 0.29) is 6.04 Å². The van der Waals surface area contributed by atoms with Gasteiger partial charge in [-0.1, -0.05) is 15.9 Å². The lowest BCUT2D eigenvalue weighted by Gasteiger charge is -2.09. The van der Waals surface area contributed by atoms with E-state index in [4.69, 9.17) is 5.73 Å². The van der Waals surface area contributed by atoms with Crippen LogP contribution in [0.1, 0.15) is 19.8 Å². The molecule has 0 heterocycles. The summed E-state index contributed by atoms with van der Waals surface area (Å²) in [5, 5.41) is 0. The Morgan fingerprint density at radius 3 is 2.69 bits per heavy atom. The molecule has 1 aromatic rings. The summed E-state index contributed by atoms with van der Waals surface area (Å²) in [4.78, 5) is 1.26. The van der Waals surface area contributed by atoms with Crippen molar-refractivity contribution in [3.8, 4) is 11.8 Å². The minimum atomic E-state index is 0.231. The molecule has 0 amide bonds. The molecule has 0 aliphatic heterocycles. The topological polar surface area (TPSA) is 26.0 Å². The third kappa shape index (κ3) is 5.60. The molecule has 1 aromatic carbocycles. The fourth-order valence-electron chi connectivity index (χ4n) is 1.20. The SMILES string of the molecule is CC#CCCC(N)CSc1ccc(Br)cc1. The molecule has 86 valence electrons. The molecule has 0 saturated heterocycles. The van der Waals surface area contributed by atoms with Crippen LogP contribution in [0.4, 0.5) is 0 Å². The second-order valence-corrected chi connectivity index (χ2v) is 5.50. The molecule has 16 heavy (non-hydrogen) atoms. The predicted octanol–water partition coefficient (Wildman–Crippen LogP) is 3.67. The van der Waals surface area contributed by atoms with Crippen LogP contribution in [0.25, 0.3) is 0 Å². The van der Waals surface area contributed by atoms with Crippen LogP contribution < -0.4 is 5.73 Å². The molecule has 0 bridgehead atoms. The van der Waals surface area contributed by atoms with Gasteiger partial charge in [-0.2, -0.15) is 0 Å². The Bertz CT molecular complexity index is 364. The third-order valence-electron chi connectivity index (χ3n) is 2.09. The van der Waals surface area contributed by atoms with E-state index in [1.165, 1.54) is 4.90 Å². The standard InChI is InChI=1S/C13H16BrNS/c1-2-3-4-5-12(15)10-16-13-8-6-11(14)7-9-13/h6-9,12H,4-5,10,15H2,1H3. The van der Waals surface area contributed by atoms with Gasteiger partial charge in [-0.25, -0.2) is 0 Å². The number of hydrogen-bond donors (Lipinski definition) is 1. The molecule has 0 radical (unpaired) electrons. The zero-order valence-corrected chi connectivity index (χ0v) is 11.8. The van der Waals surface area contributed by atoms with Crippen LogP contribution in [0, 0.1) is 11.8 Å². The van der Waals surface area contributed by atoms with E-state index in [0.717, 1.165) is 23.1 Å². The lowest BCUT2D eigenvalue weighted by Crippen LogP contribution is -2.22. The minimum absolute atomic E-state index is 0.231. The average Bonchev–Trinajstić information content (AvgIpc) is 2.29.